The first kappa shape index (κ1) is 11.5. The minimum Gasteiger partial charge on any atom is -0.463 e. The molecule has 0 atom stereocenters. The molecule has 0 saturated heterocycles. The van der Waals surface area contributed by atoms with Crippen molar-refractivity contribution < 1.29 is 9.53 Å². The van der Waals surface area contributed by atoms with Crippen LogP contribution in [0.3, 0.4) is 0 Å². The summed E-state index contributed by atoms with van der Waals surface area (Å²) in [4.78, 5) is 11.5. The van der Waals surface area contributed by atoms with Gasteiger partial charge in [0, 0.05) is 5.57 Å². The Kier molecular flexibility index (Phi) is 4.10. The van der Waals surface area contributed by atoms with E-state index < -0.39 is 0 Å². The first-order valence-corrected chi connectivity index (χ1v) is 5.06. The van der Waals surface area contributed by atoms with Crippen LogP contribution in [-0.2, 0) is 9.53 Å². The molecule has 0 heterocycles. The molecule has 1 rings (SSSR count). The maximum Gasteiger partial charge on any atom is 0.333 e. The van der Waals surface area contributed by atoms with Crippen LogP contribution < -0.4 is 0 Å². The monoisotopic (exact) mass is 204 g/mol. The van der Waals surface area contributed by atoms with E-state index in [9.17, 15) is 4.79 Å². The fourth-order valence-electron chi connectivity index (χ4n) is 1.30. The lowest BCUT2D eigenvalue weighted by Crippen LogP contribution is -2.06. The second-order valence-electron chi connectivity index (χ2n) is 3.34. The van der Waals surface area contributed by atoms with Gasteiger partial charge in [0.25, 0.3) is 0 Å². The van der Waals surface area contributed by atoms with E-state index in [1.807, 2.05) is 44.2 Å². The summed E-state index contributed by atoms with van der Waals surface area (Å²) in [6, 6.07) is 9.83. The van der Waals surface area contributed by atoms with Gasteiger partial charge in [0.05, 0.1) is 6.61 Å². The first-order valence-electron chi connectivity index (χ1n) is 5.06. The summed E-state index contributed by atoms with van der Waals surface area (Å²) in [7, 11) is 0. The number of carbonyl (C=O) groups excluding carboxylic acids is 1. The van der Waals surface area contributed by atoms with Gasteiger partial charge in [-0.2, -0.15) is 0 Å². The standard InChI is InChI=1S/C13H16O2/c1-4-15-13(14)11(3)10(2)12-8-6-5-7-9-12/h5-9H,4H2,1-3H3/b11-10-. The molecule has 1 aromatic carbocycles. The van der Waals surface area contributed by atoms with Crippen LogP contribution in [0.4, 0.5) is 0 Å². The van der Waals surface area contributed by atoms with Crippen molar-refractivity contribution in [2.24, 2.45) is 0 Å². The highest BCUT2D eigenvalue weighted by Crippen LogP contribution is 2.18. The molecule has 1 aromatic rings. The molecule has 0 aliphatic carbocycles. The van der Waals surface area contributed by atoms with E-state index >= 15 is 0 Å². The van der Waals surface area contributed by atoms with Crippen LogP contribution in [-0.4, -0.2) is 12.6 Å². The lowest BCUT2D eigenvalue weighted by atomic mass is 10.0. The van der Waals surface area contributed by atoms with Crippen LogP contribution in [0.5, 0.6) is 0 Å². The molecule has 0 amide bonds. The van der Waals surface area contributed by atoms with Crippen molar-refractivity contribution in [1.82, 2.24) is 0 Å². The molecule has 0 aromatic heterocycles. The molecule has 0 radical (unpaired) electrons. The third-order valence-corrected chi connectivity index (χ3v) is 2.35. The number of rotatable bonds is 3. The Hall–Kier alpha value is -1.57. The molecule has 2 nitrogen and oxygen atoms in total. The Morgan fingerprint density at radius 2 is 1.80 bits per heavy atom. The molecule has 0 bridgehead atoms. The second kappa shape index (κ2) is 5.35. The normalized spacial score (nSPS) is 11.9. The van der Waals surface area contributed by atoms with E-state index in [0.717, 1.165) is 11.1 Å². The van der Waals surface area contributed by atoms with Crippen LogP contribution in [0.1, 0.15) is 26.3 Å². The van der Waals surface area contributed by atoms with Crippen molar-refractivity contribution in [1.29, 1.82) is 0 Å². The average molecular weight is 204 g/mol. The van der Waals surface area contributed by atoms with Crippen molar-refractivity contribution in [2.75, 3.05) is 6.61 Å². The quantitative estimate of drug-likeness (QED) is 0.558. The van der Waals surface area contributed by atoms with Gasteiger partial charge < -0.3 is 4.74 Å². The predicted molar refractivity (Wildman–Crippen MR) is 61.3 cm³/mol. The molecule has 0 unspecified atom stereocenters. The highest BCUT2D eigenvalue weighted by Gasteiger charge is 2.09. The van der Waals surface area contributed by atoms with E-state index in [1.165, 1.54) is 0 Å². The van der Waals surface area contributed by atoms with Crippen molar-refractivity contribution in [2.45, 2.75) is 20.8 Å². The van der Waals surface area contributed by atoms with Crippen molar-refractivity contribution in [3.63, 3.8) is 0 Å². The minimum atomic E-state index is -0.237. The van der Waals surface area contributed by atoms with Crippen LogP contribution in [0.15, 0.2) is 35.9 Å². The maximum atomic E-state index is 11.5. The molecule has 0 aliphatic heterocycles. The lowest BCUT2D eigenvalue weighted by molar-refractivity contribution is -0.138. The minimum absolute atomic E-state index is 0.237. The van der Waals surface area contributed by atoms with E-state index in [-0.39, 0.29) is 5.97 Å². The van der Waals surface area contributed by atoms with Gasteiger partial charge in [-0.3, -0.25) is 0 Å². The van der Waals surface area contributed by atoms with Gasteiger partial charge in [-0.25, -0.2) is 4.79 Å². The zero-order valence-corrected chi connectivity index (χ0v) is 9.41. The van der Waals surface area contributed by atoms with Crippen LogP contribution in [0.25, 0.3) is 5.57 Å². The molecule has 0 N–H and O–H groups in total. The number of hydrogen-bond acceptors (Lipinski definition) is 2. The molecule has 80 valence electrons. The van der Waals surface area contributed by atoms with Crippen molar-refractivity contribution in [3.8, 4) is 0 Å². The maximum absolute atomic E-state index is 11.5. The molecule has 0 fully saturated rings. The molecule has 0 saturated carbocycles. The number of allylic oxidation sites excluding steroid dienone is 1. The van der Waals surface area contributed by atoms with Crippen molar-refractivity contribution >= 4 is 11.5 Å². The number of esters is 1. The topological polar surface area (TPSA) is 26.3 Å². The Labute approximate surface area is 90.6 Å². The Morgan fingerprint density at radius 1 is 1.20 bits per heavy atom. The smallest absolute Gasteiger partial charge is 0.333 e. The summed E-state index contributed by atoms with van der Waals surface area (Å²) in [5.41, 5.74) is 2.69. The van der Waals surface area contributed by atoms with Gasteiger partial charge >= 0.3 is 5.97 Å². The zero-order valence-electron chi connectivity index (χ0n) is 9.41. The third-order valence-electron chi connectivity index (χ3n) is 2.35. The summed E-state index contributed by atoms with van der Waals surface area (Å²) >= 11 is 0. The van der Waals surface area contributed by atoms with E-state index in [0.29, 0.717) is 12.2 Å². The summed E-state index contributed by atoms with van der Waals surface area (Å²) in [5, 5.41) is 0. The number of carbonyl (C=O) groups is 1. The SMILES string of the molecule is CCOC(=O)/C(C)=C(/C)c1ccccc1. The van der Waals surface area contributed by atoms with E-state index in [2.05, 4.69) is 0 Å². The van der Waals surface area contributed by atoms with Gasteiger partial charge in [0.1, 0.15) is 0 Å². The molecular formula is C13H16O2. The van der Waals surface area contributed by atoms with Crippen molar-refractivity contribution in [3.05, 3.63) is 41.5 Å². The highest BCUT2D eigenvalue weighted by molar-refractivity contribution is 5.96. The predicted octanol–water partition coefficient (Wildman–Crippen LogP) is 3.04. The van der Waals surface area contributed by atoms with Gasteiger partial charge in [-0.1, -0.05) is 30.3 Å². The Bertz CT molecular complexity index is 363. The molecular weight excluding hydrogens is 188 g/mol. The largest absolute Gasteiger partial charge is 0.463 e. The zero-order chi connectivity index (χ0) is 11.3. The fourth-order valence-corrected chi connectivity index (χ4v) is 1.30. The fraction of sp³-hybridized carbons (Fsp3) is 0.308. The molecule has 0 spiro atoms. The van der Waals surface area contributed by atoms with Gasteiger partial charge in [0.15, 0.2) is 0 Å². The van der Waals surface area contributed by atoms with Crippen LogP contribution >= 0.6 is 0 Å². The van der Waals surface area contributed by atoms with Crippen LogP contribution in [0.2, 0.25) is 0 Å². The first-order chi connectivity index (χ1) is 7.16. The van der Waals surface area contributed by atoms with Gasteiger partial charge in [0.2, 0.25) is 0 Å². The summed E-state index contributed by atoms with van der Waals surface area (Å²) in [5.74, 6) is -0.237. The summed E-state index contributed by atoms with van der Waals surface area (Å²) in [6.07, 6.45) is 0. The average Bonchev–Trinajstić information content (AvgIpc) is 2.28. The summed E-state index contributed by atoms with van der Waals surface area (Å²) in [6.45, 7) is 5.95. The van der Waals surface area contributed by atoms with Crippen LogP contribution in [0, 0.1) is 0 Å². The Balaban J connectivity index is 2.95. The third kappa shape index (κ3) is 2.94. The number of ether oxygens (including phenoxy) is 1. The molecule has 15 heavy (non-hydrogen) atoms. The second-order valence-corrected chi connectivity index (χ2v) is 3.34. The van der Waals surface area contributed by atoms with Gasteiger partial charge in [-0.15, -0.1) is 0 Å². The molecule has 0 aliphatic rings. The van der Waals surface area contributed by atoms with Gasteiger partial charge in [-0.05, 0) is 31.9 Å². The number of benzene rings is 1. The lowest BCUT2D eigenvalue weighted by Gasteiger charge is -2.07. The molecule has 2 heteroatoms. The van der Waals surface area contributed by atoms with E-state index in [1.54, 1.807) is 6.92 Å². The number of hydrogen-bond donors (Lipinski definition) is 0. The van der Waals surface area contributed by atoms with E-state index in [4.69, 9.17) is 4.74 Å². The highest BCUT2D eigenvalue weighted by atomic mass is 16.5. The summed E-state index contributed by atoms with van der Waals surface area (Å²) < 4.78 is 4.95. The Morgan fingerprint density at radius 3 is 2.33 bits per heavy atom.